The maximum Gasteiger partial charge on any atom is 0.476 e. The smallest absolute Gasteiger partial charge is 0.281 e. The minimum absolute atomic E-state index is 0.0240. The van der Waals surface area contributed by atoms with Gasteiger partial charge in [0.1, 0.15) is 0 Å². The van der Waals surface area contributed by atoms with Crippen LogP contribution in [0.15, 0.2) is 0 Å². The third-order valence-electron chi connectivity index (χ3n) is 3.94. The van der Waals surface area contributed by atoms with Crippen molar-refractivity contribution in [3.8, 4) is 0 Å². The van der Waals surface area contributed by atoms with Crippen LogP contribution in [-0.4, -0.2) is 16.8 Å². The molecule has 0 aromatic carbocycles. The van der Waals surface area contributed by atoms with Crippen molar-refractivity contribution in [1.29, 1.82) is 0 Å². The molecule has 0 amide bonds. The molecule has 0 N–H and O–H groups in total. The zero-order chi connectivity index (χ0) is 23.7. The van der Waals surface area contributed by atoms with Crippen LogP contribution in [0.5, 0.6) is 0 Å². The Morgan fingerprint density at radius 1 is 0.448 bits per heavy atom. The highest BCUT2D eigenvalue weighted by Crippen LogP contribution is 2.60. The van der Waals surface area contributed by atoms with Crippen molar-refractivity contribution in [1.82, 2.24) is 0 Å². The second kappa shape index (κ2) is 8.93. The van der Waals surface area contributed by atoms with Crippen LogP contribution < -0.4 is 0 Å². The standard InChI is InChI=1S/C24H51O4P/c1-19(2,3)16-22(10,11)26-29(25,27-23(12,13)17-20(4,5)6)28-24(14,15)18-21(7,8)9/h16-18H2,1-15H3. The Balaban J connectivity index is 5.89. The molecule has 176 valence electrons. The second-order valence-corrected chi connectivity index (χ2v) is 15.7. The van der Waals surface area contributed by atoms with Crippen molar-refractivity contribution in [2.75, 3.05) is 0 Å². The highest BCUT2D eigenvalue weighted by molar-refractivity contribution is 7.48. The van der Waals surface area contributed by atoms with Crippen LogP contribution in [0.25, 0.3) is 0 Å². The topological polar surface area (TPSA) is 44.8 Å². The molecule has 0 fully saturated rings. The summed E-state index contributed by atoms with van der Waals surface area (Å²) < 4.78 is 32.7. The Labute approximate surface area is 182 Å². The van der Waals surface area contributed by atoms with E-state index in [0.717, 1.165) is 19.3 Å². The zero-order valence-electron chi connectivity index (χ0n) is 22.2. The average molecular weight is 435 g/mol. The molecule has 0 heterocycles. The van der Waals surface area contributed by atoms with Gasteiger partial charge in [-0.2, -0.15) is 0 Å². The average Bonchev–Trinajstić information content (AvgIpc) is 2.10. The van der Waals surface area contributed by atoms with Crippen LogP contribution in [0.3, 0.4) is 0 Å². The van der Waals surface area contributed by atoms with Crippen LogP contribution in [0.2, 0.25) is 0 Å². The summed E-state index contributed by atoms with van der Waals surface area (Å²) in [5.74, 6) is 0. The molecule has 0 aliphatic rings. The van der Waals surface area contributed by atoms with Crippen molar-refractivity contribution in [3.63, 3.8) is 0 Å². The van der Waals surface area contributed by atoms with Gasteiger partial charge >= 0.3 is 7.82 Å². The largest absolute Gasteiger partial charge is 0.476 e. The first kappa shape index (κ1) is 29.1. The molecule has 0 aromatic rings. The van der Waals surface area contributed by atoms with Gasteiger partial charge in [0.25, 0.3) is 0 Å². The van der Waals surface area contributed by atoms with Crippen LogP contribution in [0.1, 0.15) is 123 Å². The fraction of sp³-hybridized carbons (Fsp3) is 1.00. The molecule has 4 nitrogen and oxygen atoms in total. The fourth-order valence-electron chi connectivity index (χ4n) is 4.89. The second-order valence-electron chi connectivity index (χ2n) is 14.2. The third kappa shape index (κ3) is 14.7. The van der Waals surface area contributed by atoms with Gasteiger partial charge in [-0.3, -0.25) is 13.6 Å². The van der Waals surface area contributed by atoms with E-state index in [2.05, 4.69) is 62.3 Å². The monoisotopic (exact) mass is 434 g/mol. The fourth-order valence-corrected chi connectivity index (χ4v) is 7.01. The van der Waals surface area contributed by atoms with E-state index in [0.29, 0.717) is 0 Å². The molecule has 0 radical (unpaired) electrons. The van der Waals surface area contributed by atoms with Crippen molar-refractivity contribution >= 4 is 7.82 Å². The molecule has 0 spiro atoms. The lowest BCUT2D eigenvalue weighted by Gasteiger charge is -2.42. The quantitative estimate of drug-likeness (QED) is 0.340. The summed E-state index contributed by atoms with van der Waals surface area (Å²) in [5.41, 5.74) is -1.88. The lowest BCUT2D eigenvalue weighted by molar-refractivity contribution is -0.0649. The molecule has 0 aliphatic heterocycles. The Morgan fingerprint density at radius 3 is 0.759 bits per heavy atom. The summed E-state index contributed by atoms with van der Waals surface area (Å²) in [4.78, 5) is 0. The van der Waals surface area contributed by atoms with Gasteiger partial charge in [0.05, 0.1) is 16.8 Å². The van der Waals surface area contributed by atoms with Crippen molar-refractivity contribution < 1.29 is 18.1 Å². The van der Waals surface area contributed by atoms with Crippen LogP contribution in [0.4, 0.5) is 0 Å². The maximum absolute atomic E-state index is 14.1. The molecule has 0 saturated carbocycles. The van der Waals surface area contributed by atoms with Gasteiger partial charge in [-0.25, -0.2) is 4.57 Å². The van der Waals surface area contributed by atoms with Crippen molar-refractivity contribution in [2.45, 2.75) is 140 Å². The zero-order valence-corrected chi connectivity index (χ0v) is 23.1. The molecule has 0 saturated heterocycles. The van der Waals surface area contributed by atoms with Gasteiger partial charge in [0.2, 0.25) is 0 Å². The normalized spacial score (nSPS) is 15.7. The van der Waals surface area contributed by atoms with Gasteiger partial charge in [-0.05, 0) is 77.0 Å². The summed E-state index contributed by atoms with van der Waals surface area (Å²) >= 11 is 0. The summed E-state index contributed by atoms with van der Waals surface area (Å²) in [7, 11) is -3.84. The van der Waals surface area contributed by atoms with E-state index in [1.54, 1.807) is 0 Å². The highest BCUT2D eigenvalue weighted by Gasteiger charge is 2.46. The summed E-state index contributed by atoms with van der Waals surface area (Å²) in [6, 6.07) is 0. The minimum atomic E-state index is -3.84. The van der Waals surface area contributed by atoms with E-state index in [-0.39, 0.29) is 16.2 Å². The van der Waals surface area contributed by atoms with Gasteiger partial charge in [0.15, 0.2) is 0 Å². The van der Waals surface area contributed by atoms with E-state index < -0.39 is 24.6 Å². The van der Waals surface area contributed by atoms with Crippen LogP contribution in [0, 0.1) is 16.2 Å². The molecule has 0 aromatic heterocycles. The number of rotatable bonds is 9. The molecule has 0 unspecified atom stereocenters. The van der Waals surface area contributed by atoms with Gasteiger partial charge < -0.3 is 0 Å². The summed E-state index contributed by atoms with van der Waals surface area (Å²) in [5, 5.41) is 0. The molecule has 0 rings (SSSR count). The minimum Gasteiger partial charge on any atom is -0.281 e. The summed E-state index contributed by atoms with van der Waals surface area (Å²) in [6.45, 7) is 31.1. The van der Waals surface area contributed by atoms with Gasteiger partial charge in [0, 0.05) is 0 Å². The van der Waals surface area contributed by atoms with Gasteiger partial charge in [-0.15, -0.1) is 0 Å². The first-order valence-electron chi connectivity index (χ1n) is 11.0. The van der Waals surface area contributed by atoms with Gasteiger partial charge in [-0.1, -0.05) is 62.3 Å². The number of hydrogen-bond donors (Lipinski definition) is 0. The van der Waals surface area contributed by atoms with E-state index in [9.17, 15) is 4.57 Å². The molecular weight excluding hydrogens is 383 g/mol. The Bertz CT molecular complexity index is 488. The number of hydrogen-bond acceptors (Lipinski definition) is 4. The Morgan fingerprint density at radius 2 is 0.621 bits per heavy atom. The predicted molar refractivity (Wildman–Crippen MR) is 125 cm³/mol. The Kier molecular flexibility index (Phi) is 8.96. The maximum atomic E-state index is 14.1. The molecule has 29 heavy (non-hydrogen) atoms. The molecule has 0 aliphatic carbocycles. The third-order valence-corrected chi connectivity index (χ3v) is 6.10. The summed E-state index contributed by atoms with van der Waals surface area (Å²) in [6.07, 6.45) is 2.20. The molecule has 0 atom stereocenters. The predicted octanol–water partition coefficient (Wildman–Crippen LogP) is 8.79. The molecular formula is C24H51O4P. The van der Waals surface area contributed by atoms with Crippen molar-refractivity contribution in [2.24, 2.45) is 16.2 Å². The van der Waals surface area contributed by atoms with Crippen molar-refractivity contribution in [3.05, 3.63) is 0 Å². The SMILES string of the molecule is CC(C)(C)CC(C)(C)OP(=O)(OC(C)(C)CC(C)(C)C)OC(C)(C)CC(C)(C)C. The van der Waals surface area contributed by atoms with E-state index in [4.69, 9.17) is 13.6 Å². The van der Waals surface area contributed by atoms with E-state index in [1.807, 2.05) is 41.5 Å². The number of phosphoric ester groups is 1. The Hall–Kier alpha value is 0.110. The lowest BCUT2D eigenvalue weighted by Crippen LogP contribution is -2.37. The molecule has 5 heteroatoms. The first-order chi connectivity index (χ1) is 12.2. The van der Waals surface area contributed by atoms with E-state index in [1.165, 1.54) is 0 Å². The molecule has 0 bridgehead atoms. The first-order valence-corrected chi connectivity index (χ1v) is 12.4. The van der Waals surface area contributed by atoms with Crippen LogP contribution in [-0.2, 0) is 18.1 Å². The van der Waals surface area contributed by atoms with Crippen LogP contribution >= 0.6 is 7.82 Å². The highest BCUT2D eigenvalue weighted by atomic mass is 31.2. The lowest BCUT2D eigenvalue weighted by atomic mass is 9.84. The van der Waals surface area contributed by atoms with E-state index >= 15 is 0 Å². The number of phosphoric acid groups is 1.